The maximum Gasteiger partial charge on any atom is 0.330 e. The lowest BCUT2D eigenvalue weighted by Gasteiger charge is -2.58. The second-order valence-corrected chi connectivity index (χ2v) is 13.5. The van der Waals surface area contributed by atoms with E-state index in [-0.39, 0.29) is 28.3 Å². The Labute approximate surface area is 218 Å². The van der Waals surface area contributed by atoms with E-state index in [2.05, 4.69) is 47.6 Å². The second kappa shape index (κ2) is 9.48. The molecule has 0 heterocycles. The zero-order valence-corrected chi connectivity index (χ0v) is 23.9. The minimum Gasteiger partial charge on any atom is -0.478 e. The van der Waals surface area contributed by atoms with Gasteiger partial charge in [0.05, 0.1) is 0 Å². The lowest BCUT2D eigenvalue weighted by molar-refractivity contribution is -0.171. The second-order valence-electron chi connectivity index (χ2n) is 13.5. The summed E-state index contributed by atoms with van der Waals surface area (Å²) in [5, 5.41) is 9.15. The third kappa shape index (κ3) is 4.31. The van der Waals surface area contributed by atoms with Gasteiger partial charge >= 0.3 is 11.9 Å². The first-order valence-electron chi connectivity index (χ1n) is 14.2. The van der Waals surface area contributed by atoms with Gasteiger partial charge in [-0.25, -0.2) is 4.79 Å². The minimum absolute atomic E-state index is 0.00944. The van der Waals surface area contributed by atoms with Crippen molar-refractivity contribution >= 4 is 11.9 Å². The SMILES string of the molecule is CC(=O)O[C@@H]1CC[C@]2(C)[C@@H]3C[C@H]4C(C)=C([C@H](C)CC/C=C(/C)C(=O)O)CC[C@@]4(C)C3=CC[C@H]2C1(C)C. The first-order chi connectivity index (χ1) is 16.7. The molecule has 4 aliphatic rings. The summed E-state index contributed by atoms with van der Waals surface area (Å²) in [6.45, 7) is 17.7. The highest BCUT2D eigenvalue weighted by Crippen LogP contribution is 2.70. The summed E-state index contributed by atoms with van der Waals surface area (Å²) in [5.74, 6) is 1.25. The standard InChI is InChI=1S/C32H48O4/c1-19(10-9-11-20(2)29(34)35)23-14-16-31(7)24-12-13-27-30(5,6)28(36-22(4)33)15-17-32(27,8)26(24)18-25(31)21(23)3/h11-12,19,25-28H,9-10,13-18H2,1-8H3,(H,34,35)/b20-11-/t19-,25+,26-,27+,28-,31+,32-/m1/s1. The van der Waals surface area contributed by atoms with Crippen LogP contribution in [0.2, 0.25) is 0 Å². The largest absolute Gasteiger partial charge is 0.478 e. The third-order valence-electron chi connectivity index (χ3n) is 11.3. The number of aliphatic carboxylic acids is 1. The van der Waals surface area contributed by atoms with Crippen molar-refractivity contribution in [3.63, 3.8) is 0 Å². The number of carboxylic acids is 1. The Balaban J connectivity index is 1.58. The number of allylic oxidation sites excluding steroid dienone is 5. The van der Waals surface area contributed by atoms with Crippen molar-refractivity contribution in [2.75, 3.05) is 0 Å². The van der Waals surface area contributed by atoms with Gasteiger partial charge in [-0.05, 0) is 99.7 Å². The predicted octanol–water partition coefficient (Wildman–Crippen LogP) is 7.89. The molecule has 2 fully saturated rings. The van der Waals surface area contributed by atoms with Crippen LogP contribution in [0.15, 0.2) is 34.4 Å². The van der Waals surface area contributed by atoms with Crippen molar-refractivity contribution in [2.45, 2.75) is 113 Å². The molecule has 0 saturated heterocycles. The molecule has 200 valence electrons. The molecule has 4 heteroatoms. The summed E-state index contributed by atoms with van der Waals surface area (Å²) < 4.78 is 5.84. The van der Waals surface area contributed by atoms with E-state index in [9.17, 15) is 9.59 Å². The van der Waals surface area contributed by atoms with Crippen LogP contribution < -0.4 is 0 Å². The van der Waals surface area contributed by atoms with E-state index >= 15 is 0 Å². The van der Waals surface area contributed by atoms with E-state index in [4.69, 9.17) is 9.84 Å². The molecule has 0 radical (unpaired) electrons. The monoisotopic (exact) mass is 496 g/mol. The van der Waals surface area contributed by atoms with Gasteiger partial charge in [0.25, 0.3) is 0 Å². The van der Waals surface area contributed by atoms with Gasteiger partial charge in [-0.2, -0.15) is 0 Å². The average molecular weight is 497 g/mol. The highest BCUT2D eigenvalue weighted by molar-refractivity contribution is 5.85. The number of esters is 1. The molecule has 4 nitrogen and oxygen atoms in total. The molecule has 2 saturated carbocycles. The maximum absolute atomic E-state index is 11.8. The smallest absolute Gasteiger partial charge is 0.330 e. The fraction of sp³-hybridized carbons (Fsp3) is 0.750. The molecule has 0 aromatic heterocycles. The molecule has 0 aromatic carbocycles. The molecule has 0 amide bonds. The van der Waals surface area contributed by atoms with Gasteiger partial charge in [-0.15, -0.1) is 0 Å². The van der Waals surface area contributed by atoms with Crippen LogP contribution in [0.5, 0.6) is 0 Å². The van der Waals surface area contributed by atoms with Crippen molar-refractivity contribution in [3.05, 3.63) is 34.4 Å². The quantitative estimate of drug-likeness (QED) is 0.231. The summed E-state index contributed by atoms with van der Waals surface area (Å²) in [6, 6.07) is 0. The number of carbonyl (C=O) groups is 2. The number of rotatable bonds is 6. The van der Waals surface area contributed by atoms with Crippen molar-refractivity contribution in [1.82, 2.24) is 0 Å². The summed E-state index contributed by atoms with van der Waals surface area (Å²) in [6.07, 6.45) is 13.1. The lowest BCUT2D eigenvalue weighted by Crippen LogP contribution is -2.55. The fourth-order valence-corrected chi connectivity index (χ4v) is 9.17. The van der Waals surface area contributed by atoms with E-state index in [0.29, 0.717) is 29.2 Å². The third-order valence-corrected chi connectivity index (χ3v) is 11.3. The number of fused-ring (bicyclic) bond motifs is 5. The number of carboxylic acid groups (broad SMARTS) is 1. The molecule has 1 N–H and O–H groups in total. The zero-order chi connectivity index (χ0) is 26.6. The molecule has 0 aliphatic heterocycles. The normalized spacial score (nSPS) is 38.4. The Morgan fingerprint density at radius 1 is 1.17 bits per heavy atom. The zero-order valence-electron chi connectivity index (χ0n) is 23.9. The lowest BCUT2D eigenvalue weighted by atomic mass is 9.47. The van der Waals surface area contributed by atoms with Gasteiger partial charge in [-0.1, -0.05) is 63.5 Å². The molecule has 0 unspecified atom stereocenters. The summed E-state index contributed by atoms with van der Waals surface area (Å²) in [7, 11) is 0. The molecule has 0 aromatic rings. The van der Waals surface area contributed by atoms with Gasteiger partial charge in [0.15, 0.2) is 0 Å². The summed E-state index contributed by atoms with van der Waals surface area (Å²) >= 11 is 0. The molecular weight excluding hydrogens is 448 g/mol. The highest BCUT2D eigenvalue weighted by Gasteiger charge is 2.62. The Bertz CT molecular complexity index is 1010. The Morgan fingerprint density at radius 2 is 1.86 bits per heavy atom. The van der Waals surface area contributed by atoms with E-state index in [1.807, 2.05) is 6.08 Å². The van der Waals surface area contributed by atoms with Crippen LogP contribution in [0.25, 0.3) is 0 Å². The number of carbonyl (C=O) groups excluding carboxylic acids is 1. The van der Waals surface area contributed by atoms with Gasteiger partial charge in [0.1, 0.15) is 6.10 Å². The Morgan fingerprint density at radius 3 is 2.50 bits per heavy atom. The van der Waals surface area contributed by atoms with E-state index in [1.54, 1.807) is 30.6 Å². The molecule has 0 bridgehead atoms. The molecule has 7 atom stereocenters. The summed E-state index contributed by atoms with van der Waals surface area (Å²) in [4.78, 5) is 23.0. The predicted molar refractivity (Wildman–Crippen MR) is 144 cm³/mol. The first kappa shape index (κ1) is 27.2. The van der Waals surface area contributed by atoms with Crippen LogP contribution in [-0.2, 0) is 14.3 Å². The van der Waals surface area contributed by atoms with Crippen LogP contribution in [0.3, 0.4) is 0 Å². The number of hydrogen-bond acceptors (Lipinski definition) is 3. The van der Waals surface area contributed by atoms with Gasteiger partial charge in [0.2, 0.25) is 0 Å². The Kier molecular flexibility index (Phi) is 7.16. The van der Waals surface area contributed by atoms with Gasteiger partial charge in [-0.3, -0.25) is 4.79 Å². The van der Waals surface area contributed by atoms with Crippen molar-refractivity contribution < 1.29 is 19.4 Å². The van der Waals surface area contributed by atoms with Crippen molar-refractivity contribution in [3.8, 4) is 0 Å². The topological polar surface area (TPSA) is 63.6 Å². The molecule has 4 aliphatic carbocycles. The van der Waals surface area contributed by atoms with Crippen LogP contribution in [0.1, 0.15) is 107 Å². The van der Waals surface area contributed by atoms with Gasteiger partial charge < -0.3 is 9.84 Å². The van der Waals surface area contributed by atoms with E-state index < -0.39 is 5.97 Å². The summed E-state index contributed by atoms with van der Waals surface area (Å²) in [5.41, 5.74) is 5.88. The molecule has 36 heavy (non-hydrogen) atoms. The molecule has 4 rings (SSSR count). The fourth-order valence-electron chi connectivity index (χ4n) is 9.17. The minimum atomic E-state index is -0.815. The van der Waals surface area contributed by atoms with Crippen LogP contribution in [-0.4, -0.2) is 23.1 Å². The van der Waals surface area contributed by atoms with Crippen LogP contribution in [0, 0.1) is 39.9 Å². The van der Waals surface area contributed by atoms with Gasteiger partial charge in [0, 0.05) is 17.9 Å². The van der Waals surface area contributed by atoms with Crippen LogP contribution in [0.4, 0.5) is 0 Å². The highest BCUT2D eigenvalue weighted by atomic mass is 16.5. The number of hydrogen-bond donors (Lipinski definition) is 1. The Hall–Kier alpha value is -1.84. The van der Waals surface area contributed by atoms with Crippen LogP contribution >= 0.6 is 0 Å². The first-order valence-corrected chi connectivity index (χ1v) is 14.2. The molecule has 0 spiro atoms. The van der Waals surface area contributed by atoms with Crippen molar-refractivity contribution in [1.29, 1.82) is 0 Å². The van der Waals surface area contributed by atoms with E-state index in [1.165, 1.54) is 12.8 Å². The van der Waals surface area contributed by atoms with E-state index in [0.717, 1.165) is 38.5 Å². The van der Waals surface area contributed by atoms with Crippen molar-refractivity contribution in [2.24, 2.45) is 39.9 Å². The molecular formula is C32H48O4. The average Bonchev–Trinajstić information content (AvgIpc) is 3.10. The number of ether oxygens (including phenoxy) is 1. The maximum atomic E-state index is 11.8.